The summed E-state index contributed by atoms with van der Waals surface area (Å²) in [5.41, 5.74) is 2.08. The third kappa shape index (κ3) is 2.82. The lowest BCUT2D eigenvalue weighted by Gasteiger charge is -2.26. The summed E-state index contributed by atoms with van der Waals surface area (Å²) in [6.07, 6.45) is 1.68. The zero-order chi connectivity index (χ0) is 17.3. The van der Waals surface area contributed by atoms with Crippen molar-refractivity contribution < 1.29 is 13.9 Å². The average molecular weight is 345 g/mol. The Balaban J connectivity index is 2.16. The quantitative estimate of drug-likeness (QED) is 0.868. The number of nitrogens with zero attached hydrogens (tertiary/aromatic N) is 2. The highest BCUT2D eigenvalue weighted by Gasteiger charge is 2.32. The summed E-state index contributed by atoms with van der Waals surface area (Å²) < 4.78 is 18.9. The van der Waals surface area contributed by atoms with Gasteiger partial charge in [-0.3, -0.25) is 4.99 Å². The largest absolute Gasteiger partial charge is 0.466 e. The Hall–Kier alpha value is -2.54. The summed E-state index contributed by atoms with van der Waals surface area (Å²) in [6.45, 7) is 3.45. The number of nitrogens with one attached hydrogen (secondary N) is 1. The molecular weight excluding hydrogens is 329 g/mol. The standard InChI is InChI=1S/C17H16FN3O2S/c1-9-11(5-4-6-12(9)18)14-13(17(22)23-3)10(2)20-15(21-14)16-19-7-8-24-16/h4-8,14H,1-3H3,(H,20,21)/t14-/m0/s1. The maximum Gasteiger partial charge on any atom is 0.338 e. The van der Waals surface area contributed by atoms with E-state index in [1.54, 1.807) is 32.2 Å². The molecule has 0 fully saturated rings. The molecule has 0 saturated carbocycles. The number of benzene rings is 1. The first kappa shape index (κ1) is 16.3. The average Bonchev–Trinajstić information content (AvgIpc) is 3.10. The van der Waals surface area contributed by atoms with E-state index in [1.165, 1.54) is 24.5 Å². The van der Waals surface area contributed by atoms with Crippen molar-refractivity contribution in [2.45, 2.75) is 19.9 Å². The van der Waals surface area contributed by atoms with Gasteiger partial charge in [0, 0.05) is 17.3 Å². The van der Waals surface area contributed by atoms with Crippen LogP contribution in [0.2, 0.25) is 0 Å². The smallest absolute Gasteiger partial charge is 0.338 e. The Morgan fingerprint density at radius 2 is 2.17 bits per heavy atom. The van der Waals surface area contributed by atoms with Crippen LogP contribution in [0.15, 0.2) is 46.0 Å². The third-order valence-corrected chi connectivity index (χ3v) is 4.67. The molecule has 1 aliphatic heterocycles. The van der Waals surface area contributed by atoms with Crippen LogP contribution in [0.3, 0.4) is 0 Å². The SMILES string of the molecule is COC(=O)C1=C(C)NC(c2nccs2)=N[C@H]1c1cccc(F)c1C. The molecule has 1 aliphatic rings. The number of rotatable bonds is 3. The van der Waals surface area contributed by atoms with Crippen molar-refractivity contribution >= 4 is 23.1 Å². The molecule has 0 bridgehead atoms. The van der Waals surface area contributed by atoms with E-state index in [9.17, 15) is 9.18 Å². The van der Waals surface area contributed by atoms with E-state index in [0.29, 0.717) is 33.2 Å². The van der Waals surface area contributed by atoms with Gasteiger partial charge in [0.25, 0.3) is 0 Å². The molecule has 1 atom stereocenters. The van der Waals surface area contributed by atoms with E-state index < -0.39 is 12.0 Å². The van der Waals surface area contributed by atoms with Crippen LogP contribution in [0.1, 0.15) is 29.1 Å². The fraction of sp³-hybridized carbons (Fsp3) is 0.235. The first-order chi connectivity index (χ1) is 11.5. The topological polar surface area (TPSA) is 63.6 Å². The second-order valence-electron chi connectivity index (χ2n) is 5.33. The van der Waals surface area contributed by atoms with E-state index >= 15 is 0 Å². The van der Waals surface area contributed by atoms with Gasteiger partial charge in [0.1, 0.15) is 11.9 Å². The van der Waals surface area contributed by atoms with Gasteiger partial charge in [0.05, 0.1) is 12.7 Å². The van der Waals surface area contributed by atoms with E-state index in [0.717, 1.165) is 0 Å². The number of carbonyl (C=O) groups excluding carboxylic acids is 1. The zero-order valence-corrected chi connectivity index (χ0v) is 14.3. The van der Waals surface area contributed by atoms with Crippen molar-refractivity contribution in [3.63, 3.8) is 0 Å². The Bertz CT molecular complexity index is 844. The second-order valence-corrected chi connectivity index (χ2v) is 6.22. The number of aromatic nitrogens is 1. The number of thiazole rings is 1. The van der Waals surface area contributed by atoms with Gasteiger partial charge in [-0.15, -0.1) is 11.3 Å². The Kier molecular flexibility index (Phi) is 4.44. The van der Waals surface area contributed by atoms with Crippen LogP contribution in [0.5, 0.6) is 0 Å². The minimum Gasteiger partial charge on any atom is -0.466 e. The highest BCUT2D eigenvalue weighted by atomic mass is 32.1. The van der Waals surface area contributed by atoms with Gasteiger partial charge in [-0.25, -0.2) is 14.2 Å². The van der Waals surface area contributed by atoms with E-state index in [2.05, 4.69) is 15.3 Å². The molecule has 0 radical (unpaired) electrons. The van der Waals surface area contributed by atoms with Gasteiger partial charge in [-0.2, -0.15) is 0 Å². The lowest BCUT2D eigenvalue weighted by molar-refractivity contribution is -0.136. The molecule has 7 heteroatoms. The van der Waals surface area contributed by atoms with Crippen molar-refractivity contribution in [2.75, 3.05) is 7.11 Å². The lowest BCUT2D eigenvalue weighted by Crippen LogP contribution is -2.32. The summed E-state index contributed by atoms with van der Waals surface area (Å²) in [4.78, 5) is 21.1. The number of hydrogen-bond acceptors (Lipinski definition) is 6. The minimum atomic E-state index is -0.645. The number of ether oxygens (including phenoxy) is 1. The van der Waals surface area contributed by atoms with Crippen LogP contribution in [0.4, 0.5) is 4.39 Å². The molecule has 1 aromatic carbocycles. The maximum absolute atomic E-state index is 14.0. The number of hydrogen-bond donors (Lipinski definition) is 1. The summed E-state index contributed by atoms with van der Waals surface area (Å²) in [6, 6.07) is 4.13. The van der Waals surface area contributed by atoms with Crippen LogP contribution in [-0.4, -0.2) is 23.9 Å². The summed E-state index contributed by atoms with van der Waals surface area (Å²) in [5, 5.41) is 5.65. The molecule has 3 rings (SSSR count). The molecule has 0 aliphatic carbocycles. The summed E-state index contributed by atoms with van der Waals surface area (Å²) in [5.74, 6) is -0.265. The number of amidine groups is 1. The highest BCUT2D eigenvalue weighted by molar-refractivity contribution is 7.11. The van der Waals surface area contributed by atoms with Crippen molar-refractivity contribution in [3.05, 3.63) is 63.0 Å². The van der Waals surface area contributed by atoms with Crippen LogP contribution >= 0.6 is 11.3 Å². The van der Waals surface area contributed by atoms with Crippen molar-refractivity contribution in [2.24, 2.45) is 4.99 Å². The Morgan fingerprint density at radius 3 is 2.83 bits per heavy atom. The number of allylic oxidation sites excluding steroid dienone is 1. The van der Waals surface area contributed by atoms with Gasteiger partial charge >= 0.3 is 5.97 Å². The molecule has 24 heavy (non-hydrogen) atoms. The van der Waals surface area contributed by atoms with Crippen molar-refractivity contribution in [1.29, 1.82) is 0 Å². The molecule has 124 valence electrons. The van der Waals surface area contributed by atoms with Crippen LogP contribution in [0.25, 0.3) is 0 Å². The Morgan fingerprint density at radius 1 is 1.38 bits per heavy atom. The predicted molar refractivity (Wildman–Crippen MR) is 90.4 cm³/mol. The van der Waals surface area contributed by atoms with E-state index in [1.807, 2.05) is 5.38 Å². The fourth-order valence-electron chi connectivity index (χ4n) is 2.65. The van der Waals surface area contributed by atoms with E-state index in [4.69, 9.17) is 4.74 Å². The second kappa shape index (κ2) is 6.52. The summed E-state index contributed by atoms with van der Waals surface area (Å²) in [7, 11) is 1.32. The van der Waals surface area contributed by atoms with Gasteiger partial charge < -0.3 is 10.1 Å². The molecule has 0 unspecified atom stereocenters. The molecule has 2 aromatic rings. The first-order valence-corrected chi connectivity index (χ1v) is 8.19. The number of methoxy groups -OCH3 is 1. The molecular formula is C17H16FN3O2S. The molecule has 1 aromatic heterocycles. The highest BCUT2D eigenvalue weighted by Crippen LogP contribution is 2.34. The normalized spacial score (nSPS) is 17.3. The van der Waals surface area contributed by atoms with Crippen molar-refractivity contribution in [1.82, 2.24) is 10.3 Å². The first-order valence-electron chi connectivity index (χ1n) is 7.31. The summed E-state index contributed by atoms with van der Waals surface area (Å²) >= 11 is 1.43. The van der Waals surface area contributed by atoms with Gasteiger partial charge in [-0.1, -0.05) is 12.1 Å². The number of halogens is 1. The molecule has 2 heterocycles. The van der Waals surface area contributed by atoms with Gasteiger partial charge in [0.2, 0.25) is 0 Å². The number of esters is 1. The van der Waals surface area contributed by atoms with E-state index in [-0.39, 0.29) is 5.82 Å². The fourth-order valence-corrected chi connectivity index (χ4v) is 3.23. The number of aliphatic imine (C=N–C) groups is 1. The molecule has 0 saturated heterocycles. The molecule has 5 nitrogen and oxygen atoms in total. The maximum atomic E-state index is 14.0. The molecule has 1 N–H and O–H groups in total. The number of carbonyl (C=O) groups is 1. The van der Waals surface area contributed by atoms with Crippen LogP contribution in [-0.2, 0) is 9.53 Å². The van der Waals surface area contributed by atoms with Crippen LogP contribution < -0.4 is 5.32 Å². The van der Waals surface area contributed by atoms with Crippen molar-refractivity contribution in [3.8, 4) is 0 Å². The molecule has 0 amide bonds. The zero-order valence-electron chi connectivity index (χ0n) is 13.5. The lowest BCUT2D eigenvalue weighted by atomic mass is 9.92. The van der Waals surface area contributed by atoms with Crippen LogP contribution in [0, 0.1) is 12.7 Å². The third-order valence-electron chi connectivity index (χ3n) is 3.89. The Labute approximate surface area is 142 Å². The molecule has 0 spiro atoms. The van der Waals surface area contributed by atoms with Gasteiger partial charge in [0.15, 0.2) is 10.8 Å². The minimum absolute atomic E-state index is 0.334. The monoisotopic (exact) mass is 345 g/mol. The van der Waals surface area contributed by atoms with Gasteiger partial charge in [-0.05, 0) is 31.0 Å². The predicted octanol–water partition coefficient (Wildman–Crippen LogP) is 3.13.